The molecule has 144 valence electrons. The number of nitrogens with one attached hydrogen (secondary N) is 1. The van der Waals surface area contributed by atoms with E-state index in [1.165, 1.54) is 10.7 Å². The van der Waals surface area contributed by atoms with E-state index < -0.39 is 16.1 Å². The van der Waals surface area contributed by atoms with E-state index in [1.54, 1.807) is 30.3 Å². The smallest absolute Gasteiger partial charge is 0.243 e. The monoisotopic (exact) mass is 399 g/mol. The summed E-state index contributed by atoms with van der Waals surface area (Å²) in [5.74, 6) is -0.0219. The Bertz CT molecular complexity index is 743. The van der Waals surface area contributed by atoms with Gasteiger partial charge < -0.3 is 10.2 Å². The molecular weight excluding hydrogens is 374 g/mol. The largest absolute Gasteiger partial charge is 0.340 e. The van der Waals surface area contributed by atoms with Gasteiger partial charge in [-0.1, -0.05) is 18.2 Å². The van der Waals surface area contributed by atoms with E-state index in [0.29, 0.717) is 31.6 Å². The van der Waals surface area contributed by atoms with Crippen LogP contribution in [0.5, 0.6) is 0 Å². The molecule has 0 radical (unpaired) electrons. The van der Waals surface area contributed by atoms with Crippen molar-refractivity contribution in [1.82, 2.24) is 14.5 Å². The average Bonchev–Trinajstić information content (AvgIpc) is 3.22. The van der Waals surface area contributed by atoms with Crippen molar-refractivity contribution in [2.75, 3.05) is 19.6 Å². The normalized spacial score (nSPS) is 29.2. The molecule has 2 bridgehead atoms. The zero-order chi connectivity index (χ0) is 17.4. The molecule has 6 nitrogen and oxygen atoms in total. The van der Waals surface area contributed by atoms with Gasteiger partial charge in [0.15, 0.2) is 0 Å². The lowest BCUT2D eigenvalue weighted by atomic mass is 10.1. The molecule has 3 fully saturated rings. The fourth-order valence-corrected chi connectivity index (χ4v) is 6.03. The number of hydrogen-bond donors (Lipinski definition) is 1. The van der Waals surface area contributed by atoms with Gasteiger partial charge in [-0.15, -0.1) is 12.4 Å². The number of carbonyl (C=O) groups excluding carboxylic acids is 1. The predicted octanol–water partition coefficient (Wildman–Crippen LogP) is 1.61. The van der Waals surface area contributed by atoms with Crippen LogP contribution in [-0.4, -0.2) is 61.3 Å². The highest BCUT2D eigenvalue weighted by molar-refractivity contribution is 7.89. The van der Waals surface area contributed by atoms with Crippen LogP contribution in [0.3, 0.4) is 0 Å². The molecule has 0 saturated carbocycles. The van der Waals surface area contributed by atoms with Crippen LogP contribution in [0, 0.1) is 0 Å². The Kier molecular flexibility index (Phi) is 5.91. The summed E-state index contributed by atoms with van der Waals surface area (Å²) >= 11 is 0. The van der Waals surface area contributed by atoms with E-state index in [-0.39, 0.29) is 23.2 Å². The average molecular weight is 400 g/mol. The van der Waals surface area contributed by atoms with Gasteiger partial charge in [0.2, 0.25) is 15.9 Å². The fraction of sp³-hybridized carbons (Fsp3) is 0.611. The van der Waals surface area contributed by atoms with E-state index >= 15 is 0 Å². The summed E-state index contributed by atoms with van der Waals surface area (Å²) in [6.45, 7) is 1.85. The minimum absolute atomic E-state index is 0. The van der Waals surface area contributed by atoms with Crippen LogP contribution in [0.4, 0.5) is 0 Å². The van der Waals surface area contributed by atoms with E-state index in [0.717, 1.165) is 25.8 Å². The first-order valence-corrected chi connectivity index (χ1v) is 10.6. The van der Waals surface area contributed by atoms with Crippen LogP contribution in [0.25, 0.3) is 0 Å². The van der Waals surface area contributed by atoms with Crippen LogP contribution in [0.1, 0.15) is 32.1 Å². The van der Waals surface area contributed by atoms with Gasteiger partial charge in [-0.2, -0.15) is 4.31 Å². The molecule has 3 aliphatic heterocycles. The molecule has 1 aromatic carbocycles. The zero-order valence-corrected chi connectivity index (χ0v) is 16.3. The first-order chi connectivity index (χ1) is 12.1. The van der Waals surface area contributed by atoms with Crippen molar-refractivity contribution >= 4 is 28.3 Å². The molecule has 3 saturated heterocycles. The minimum Gasteiger partial charge on any atom is -0.340 e. The molecule has 0 aliphatic carbocycles. The topological polar surface area (TPSA) is 69.7 Å². The highest BCUT2D eigenvalue weighted by Gasteiger charge is 2.42. The highest BCUT2D eigenvalue weighted by atomic mass is 35.5. The summed E-state index contributed by atoms with van der Waals surface area (Å²) in [5, 5.41) is 3.57. The van der Waals surface area contributed by atoms with Crippen molar-refractivity contribution in [3.63, 3.8) is 0 Å². The van der Waals surface area contributed by atoms with Crippen molar-refractivity contribution in [2.45, 2.75) is 55.1 Å². The number of likely N-dealkylation sites (tertiary alicyclic amines) is 1. The molecule has 1 amide bonds. The number of benzene rings is 1. The Labute approximate surface area is 161 Å². The lowest BCUT2D eigenvalue weighted by molar-refractivity contribution is -0.134. The first-order valence-electron chi connectivity index (χ1n) is 9.17. The quantitative estimate of drug-likeness (QED) is 0.838. The van der Waals surface area contributed by atoms with Gasteiger partial charge in [0.25, 0.3) is 0 Å². The number of sulfonamides is 1. The maximum absolute atomic E-state index is 13.1. The van der Waals surface area contributed by atoms with Crippen molar-refractivity contribution in [3.8, 4) is 0 Å². The molecular formula is C18H26ClN3O3S. The van der Waals surface area contributed by atoms with Crippen LogP contribution in [0.2, 0.25) is 0 Å². The maximum Gasteiger partial charge on any atom is 0.243 e. The van der Waals surface area contributed by atoms with Gasteiger partial charge >= 0.3 is 0 Å². The molecule has 26 heavy (non-hydrogen) atoms. The Hall–Kier alpha value is -1.15. The molecule has 1 aromatic rings. The lowest BCUT2D eigenvalue weighted by Gasteiger charge is -2.30. The van der Waals surface area contributed by atoms with Crippen molar-refractivity contribution in [2.24, 2.45) is 0 Å². The number of halogens is 1. The molecule has 1 N–H and O–H groups in total. The second kappa shape index (κ2) is 7.84. The number of nitrogens with zero attached hydrogens (tertiary/aromatic N) is 2. The molecule has 8 heteroatoms. The van der Waals surface area contributed by atoms with Gasteiger partial charge in [0.05, 0.1) is 4.90 Å². The zero-order valence-electron chi connectivity index (χ0n) is 14.7. The van der Waals surface area contributed by atoms with Crippen molar-refractivity contribution < 1.29 is 13.2 Å². The lowest BCUT2D eigenvalue weighted by Crippen LogP contribution is -2.49. The second-order valence-electron chi connectivity index (χ2n) is 7.30. The van der Waals surface area contributed by atoms with Crippen LogP contribution >= 0.6 is 12.4 Å². The fourth-order valence-electron chi connectivity index (χ4n) is 4.36. The van der Waals surface area contributed by atoms with E-state index in [2.05, 4.69) is 5.32 Å². The number of fused-ring (bicyclic) bond motifs is 2. The summed E-state index contributed by atoms with van der Waals surface area (Å²) in [6.07, 6.45) is 4.60. The van der Waals surface area contributed by atoms with Crippen LogP contribution in [0.15, 0.2) is 35.2 Å². The third-order valence-corrected chi connectivity index (χ3v) is 7.60. The summed E-state index contributed by atoms with van der Waals surface area (Å²) in [4.78, 5) is 15.3. The molecule has 3 unspecified atom stereocenters. The Morgan fingerprint density at radius 2 is 1.73 bits per heavy atom. The summed E-state index contributed by atoms with van der Waals surface area (Å²) < 4.78 is 27.4. The van der Waals surface area contributed by atoms with Crippen molar-refractivity contribution in [1.29, 1.82) is 0 Å². The summed E-state index contributed by atoms with van der Waals surface area (Å²) in [7, 11) is -3.62. The molecule has 0 spiro atoms. The number of hydrogen-bond acceptors (Lipinski definition) is 4. The Morgan fingerprint density at radius 3 is 2.50 bits per heavy atom. The predicted molar refractivity (Wildman–Crippen MR) is 102 cm³/mol. The third kappa shape index (κ3) is 3.63. The van der Waals surface area contributed by atoms with Crippen molar-refractivity contribution in [3.05, 3.63) is 30.3 Å². The van der Waals surface area contributed by atoms with E-state index in [1.807, 2.05) is 4.90 Å². The van der Waals surface area contributed by atoms with E-state index in [4.69, 9.17) is 0 Å². The second-order valence-corrected chi connectivity index (χ2v) is 9.19. The standard InChI is InChI=1S/C18H25N3O3S.ClH/c22-18(20-12-10-14-8-9-15(13-20)19-14)17-7-4-11-21(17)25(23,24)16-5-2-1-3-6-16;/h1-3,5-6,14-15,17,19H,4,7-13H2;1H. The van der Waals surface area contributed by atoms with Gasteiger partial charge in [0, 0.05) is 31.7 Å². The molecule has 3 heterocycles. The number of carbonyl (C=O) groups is 1. The highest BCUT2D eigenvalue weighted by Crippen LogP contribution is 2.28. The molecule has 0 aromatic heterocycles. The molecule has 3 aliphatic rings. The van der Waals surface area contributed by atoms with Crippen LogP contribution < -0.4 is 5.32 Å². The van der Waals surface area contributed by atoms with Gasteiger partial charge in [0.1, 0.15) is 6.04 Å². The SMILES string of the molecule is Cl.O=C(C1CCCN1S(=O)(=O)c1ccccc1)N1CCC2CCC(C1)N2. The van der Waals surface area contributed by atoms with E-state index in [9.17, 15) is 13.2 Å². The first kappa shape index (κ1) is 19.6. The molecule has 3 atom stereocenters. The Balaban J connectivity index is 0.00000196. The van der Waals surface area contributed by atoms with Crippen LogP contribution in [-0.2, 0) is 14.8 Å². The summed E-state index contributed by atoms with van der Waals surface area (Å²) in [5.41, 5.74) is 0. The van der Waals surface area contributed by atoms with Gasteiger partial charge in [-0.05, 0) is 44.2 Å². The summed E-state index contributed by atoms with van der Waals surface area (Å²) in [6, 6.07) is 8.75. The number of amides is 1. The maximum atomic E-state index is 13.1. The van der Waals surface area contributed by atoms with Gasteiger partial charge in [-0.25, -0.2) is 8.42 Å². The third-order valence-electron chi connectivity index (χ3n) is 5.67. The Morgan fingerprint density at radius 1 is 1.00 bits per heavy atom. The van der Waals surface area contributed by atoms with Gasteiger partial charge in [-0.3, -0.25) is 4.79 Å². The number of rotatable bonds is 3. The molecule has 4 rings (SSSR count). The minimum atomic E-state index is -3.62.